The van der Waals surface area contributed by atoms with Gasteiger partial charge in [0.15, 0.2) is 0 Å². The zero-order valence-electron chi connectivity index (χ0n) is 12.9. The zero-order chi connectivity index (χ0) is 16.2. The molecule has 1 aliphatic heterocycles. The van der Waals surface area contributed by atoms with Crippen molar-refractivity contribution in [3.8, 4) is 0 Å². The van der Waals surface area contributed by atoms with E-state index in [-0.39, 0.29) is 5.56 Å². The number of aromatic nitrogens is 4. The molecule has 8 heteroatoms. The standard InChI is InChI=1S/C15H19BrN6O/c1-21-14(23)6-5-13(20-21)22-7-3-2-4-12(22)10-19-15-17-8-11(16)9-18-15/h5-6,8-9,12H,2-4,7,10H2,1H3,(H,17,18,19). The van der Waals surface area contributed by atoms with E-state index in [4.69, 9.17) is 0 Å². The van der Waals surface area contributed by atoms with Crippen LogP contribution in [-0.2, 0) is 7.05 Å². The van der Waals surface area contributed by atoms with Crippen molar-refractivity contribution in [2.45, 2.75) is 25.3 Å². The Morgan fingerprint density at radius 2 is 2.09 bits per heavy atom. The number of aryl methyl sites for hydroxylation is 1. The first kappa shape index (κ1) is 15.9. The van der Waals surface area contributed by atoms with Crippen molar-refractivity contribution < 1.29 is 0 Å². The fourth-order valence-corrected chi connectivity index (χ4v) is 2.97. The van der Waals surface area contributed by atoms with Gasteiger partial charge in [-0.3, -0.25) is 4.79 Å². The summed E-state index contributed by atoms with van der Waals surface area (Å²) in [6.07, 6.45) is 6.85. The summed E-state index contributed by atoms with van der Waals surface area (Å²) in [7, 11) is 1.68. The van der Waals surface area contributed by atoms with Crippen LogP contribution < -0.4 is 15.8 Å². The average molecular weight is 379 g/mol. The molecule has 122 valence electrons. The maximum absolute atomic E-state index is 11.5. The van der Waals surface area contributed by atoms with Gasteiger partial charge in [0.05, 0.1) is 4.47 Å². The molecule has 0 spiro atoms. The minimum atomic E-state index is -0.0938. The zero-order valence-corrected chi connectivity index (χ0v) is 14.5. The highest BCUT2D eigenvalue weighted by atomic mass is 79.9. The second-order valence-electron chi connectivity index (χ2n) is 5.60. The van der Waals surface area contributed by atoms with Gasteiger partial charge in [-0.25, -0.2) is 14.6 Å². The van der Waals surface area contributed by atoms with E-state index < -0.39 is 0 Å². The van der Waals surface area contributed by atoms with Crippen molar-refractivity contribution in [3.05, 3.63) is 39.4 Å². The molecule has 3 rings (SSSR count). The molecule has 0 aromatic carbocycles. The summed E-state index contributed by atoms with van der Waals surface area (Å²) in [5.41, 5.74) is -0.0938. The van der Waals surface area contributed by atoms with E-state index in [2.05, 4.69) is 41.2 Å². The predicted molar refractivity (Wildman–Crippen MR) is 92.7 cm³/mol. The number of piperidine rings is 1. The van der Waals surface area contributed by atoms with Crippen molar-refractivity contribution in [2.24, 2.45) is 7.05 Å². The van der Waals surface area contributed by atoms with Gasteiger partial charge in [0.25, 0.3) is 5.56 Å². The van der Waals surface area contributed by atoms with Gasteiger partial charge in [0.2, 0.25) is 5.95 Å². The summed E-state index contributed by atoms with van der Waals surface area (Å²) in [6.45, 7) is 1.69. The Morgan fingerprint density at radius 1 is 1.30 bits per heavy atom. The van der Waals surface area contributed by atoms with Crippen molar-refractivity contribution >= 4 is 27.7 Å². The Labute approximate surface area is 142 Å². The number of hydrogen-bond acceptors (Lipinski definition) is 6. The first-order valence-corrected chi connectivity index (χ1v) is 8.45. The lowest BCUT2D eigenvalue weighted by Gasteiger charge is -2.36. The molecular weight excluding hydrogens is 360 g/mol. The number of rotatable bonds is 4. The number of nitrogens with one attached hydrogen (secondary N) is 1. The fourth-order valence-electron chi connectivity index (χ4n) is 2.77. The van der Waals surface area contributed by atoms with Gasteiger partial charge in [0.1, 0.15) is 5.82 Å². The molecule has 3 heterocycles. The molecule has 1 unspecified atom stereocenters. The summed E-state index contributed by atoms with van der Waals surface area (Å²) in [6, 6.07) is 3.68. The first-order valence-electron chi connectivity index (χ1n) is 7.66. The highest BCUT2D eigenvalue weighted by Crippen LogP contribution is 2.22. The van der Waals surface area contributed by atoms with Crippen LogP contribution in [0.3, 0.4) is 0 Å². The van der Waals surface area contributed by atoms with E-state index in [0.29, 0.717) is 12.0 Å². The minimum Gasteiger partial charge on any atom is -0.352 e. The summed E-state index contributed by atoms with van der Waals surface area (Å²) in [4.78, 5) is 22.3. The fraction of sp³-hybridized carbons (Fsp3) is 0.467. The molecule has 0 amide bonds. The van der Waals surface area contributed by atoms with Crippen LogP contribution in [0.4, 0.5) is 11.8 Å². The Kier molecular flexibility index (Phi) is 4.90. The minimum absolute atomic E-state index is 0.0938. The highest BCUT2D eigenvalue weighted by molar-refractivity contribution is 9.10. The van der Waals surface area contributed by atoms with Gasteiger partial charge in [-0.2, -0.15) is 5.10 Å². The Balaban J connectivity index is 1.72. The largest absolute Gasteiger partial charge is 0.352 e. The van der Waals surface area contributed by atoms with Gasteiger partial charge >= 0.3 is 0 Å². The van der Waals surface area contributed by atoms with E-state index >= 15 is 0 Å². The van der Waals surface area contributed by atoms with Crippen LogP contribution >= 0.6 is 15.9 Å². The molecule has 0 aliphatic carbocycles. The highest BCUT2D eigenvalue weighted by Gasteiger charge is 2.24. The van der Waals surface area contributed by atoms with E-state index in [1.807, 2.05) is 0 Å². The van der Waals surface area contributed by atoms with Gasteiger partial charge in [-0.1, -0.05) is 0 Å². The van der Waals surface area contributed by atoms with E-state index in [9.17, 15) is 4.79 Å². The smallest absolute Gasteiger partial charge is 0.266 e. The van der Waals surface area contributed by atoms with Crippen LogP contribution in [0.5, 0.6) is 0 Å². The van der Waals surface area contributed by atoms with Gasteiger partial charge in [0, 0.05) is 44.6 Å². The third kappa shape index (κ3) is 3.87. The number of halogens is 1. The van der Waals surface area contributed by atoms with Crippen LogP contribution in [0, 0.1) is 0 Å². The number of nitrogens with zero attached hydrogens (tertiary/aromatic N) is 5. The maximum atomic E-state index is 11.5. The molecule has 0 saturated carbocycles. The normalized spacial score (nSPS) is 18.0. The van der Waals surface area contributed by atoms with Crippen LogP contribution in [0.15, 0.2) is 33.8 Å². The number of anilines is 2. The lowest BCUT2D eigenvalue weighted by molar-refractivity contribution is 0.464. The molecule has 1 saturated heterocycles. The molecule has 2 aromatic heterocycles. The topological polar surface area (TPSA) is 75.9 Å². The summed E-state index contributed by atoms with van der Waals surface area (Å²) in [5.74, 6) is 1.46. The van der Waals surface area contributed by atoms with Crippen LogP contribution in [0.1, 0.15) is 19.3 Å². The van der Waals surface area contributed by atoms with Crippen molar-refractivity contribution in [3.63, 3.8) is 0 Å². The van der Waals surface area contributed by atoms with Crippen LogP contribution in [0.2, 0.25) is 0 Å². The predicted octanol–water partition coefficient (Wildman–Crippen LogP) is 1.80. The molecular formula is C15H19BrN6O. The lowest BCUT2D eigenvalue weighted by Crippen LogP contribution is -2.45. The Morgan fingerprint density at radius 3 is 2.83 bits per heavy atom. The van der Waals surface area contributed by atoms with Gasteiger partial charge in [-0.05, 0) is 41.3 Å². The molecule has 1 atom stereocenters. The van der Waals surface area contributed by atoms with Crippen LogP contribution in [-0.4, -0.2) is 38.9 Å². The maximum Gasteiger partial charge on any atom is 0.266 e. The molecule has 0 bridgehead atoms. The summed E-state index contributed by atoms with van der Waals surface area (Å²) in [5, 5.41) is 7.66. The quantitative estimate of drug-likeness (QED) is 0.873. The first-order chi connectivity index (χ1) is 11.1. The Hall–Kier alpha value is -1.96. The molecule has 23 heavy (non-hydrogen) atoms. The van der Waals surface area contributed by atoms with Gasteiger partial charge < -0.3 is 10.2 Å². The Bertz CT molecular complexity index is 717. The molecule has 1 aliphatic rings. The SMILES string of the molecule is Cn1nc(N2CCCCC2CNc2ncc(Br)cn2)ccc1=O. The lowest BCUT2D eigenvalue weighted by atomic mass is 10.0. The van der Waals surface area contributed by atoms with Crippen molar-refractivity contribution in [1.82, 2.24) is 19.7 Å². The molecule has 0 radical (unpaired) electrons. The second kappa shape index (κ2) is 7.08. The van der Waals surface area contributed by atoms with E-state index in [1.54, 1.807) is 31.6 Å². The molecule has 1 fully saturated rings. The molecule has 2 aromatic rings. The number of hydrogen-bond donors (Lipinski definition) is 1. The third-order valence-corrected chi connectivity index (χ3v) is 4.39. The summed E-state index contributed by atoms with van der Waals surface area (Å²) < 4.78 is 2.24. The van der Waals surface area contributed by atoms with E-state index in [0.717, 1.165) is 36.2 Å². The van der Waals surface area contributed by atoms with Crippen molar-refractivity contribution in [1.29, 1.82) is 0 Å². The monoisotopic (exact) mass is 378 g/mol. The van der Waals surface area contributed by atoms with Gasteiger partial charge in [-0.15, -0.1) is 0 Å². The summed E-state index contributed by atoms with van der Waals surface area (Å²) >= 11 is 3.33. The average Bonchev–Trinajstić information content (AvgIpc) is 2.57. The second-order valence-corrected chi connectivity index (χ2v) is 6.52. The molecule has 1 N–H and O–H groups in total. The van der Waals surface area contributed by atoms with Crippen LogP contribution in [0.25, 0.3) is 0 Å². The van der Waals surface area contributed by atoms with Crippen molar-refractivity contribution in [2.75, 3.05) is 23.3 Å². The molecule has 7 nitrogen and oxygen atoms in total. The third-order valence-electron chi connectivity index (χ3n) is 3.98. The van der Waals surface area contributed by atoms with E-state index in [1.165, 1.54) is 11.1 Å².